The van der Waals surface area contributed by atoms with Crippen molar-refractivity contribution in [3.05, 3.63) is 169 Å². The summed E-state index contributed by atoms with van der Waals surface area (Å²) < 4.78 is 0. The van der Waals surface area contributed by atoms with Crippen molar-refractivity contribution >= 4 is 43.9 Å². The van der Waals surface area contributed by atoms with E-state index in [4.69, 9.17) is 11.6 Å². The lowest BCUT2D eigenvalue weighted by molar-refractivity contribution is 1.56. The van der Waals surface area contributed by atoms with Gasteiger partial charge in [0, 0.05) is 5.02 Å². The monoisotopic (exact) mass is 566 g/mol. The minimum Gasteiger partial charge on any atom is -0.0843 e. The largest absolute Gasteiger partial charge is 0.0843 e. The number of hydrogen-bond acceptors (Lipinski definition) is 0. The molecule has 0 aliphatic heterocycles. The van der Waals surface area contributed by atoms with Gasteiger partial charge in [-0.05, 0) is 113 Å². The highest BCUT2D eigenvalue weighted by molar-refractivity contribution is 6.30. The van der Waals surface area contributed by atoms with E-state index >= 15 is 0 Å². The zero-order chi connectivity index (χ0) is 28.8. The Bertz CT molecular complexity index is 2230. The van der Waals surface area contributed by atoms with Crippen LogP contribution in [-0.2, 0) is 0 Å². The molecule has 0 saturated heterocycles. The number of benzene rings is 8. The molecule has 43 heavy (non-hydrogen) atoms. The van der Waals surface area contributed by atoms with Crippen LogP contribution in [0.5, 0.6) is 0 Å². The van der Waals surface area contributed by atoms with E-state index in [-0.39, 0.29) is 0 Å². The molecule has 1 heteroatoms. The van der Waals surface area contributed by atoms with Crippen molar-refractivity contribution in [2.75, 3.05) is 0 Å². The molecule has 0 fully saturated rings. The highest BCUT2D eigenvalue weighted by atomic mass is 35.5. The second kappa shape index (κ2) is 10.6. The van der Waals surface area contributed by atoms with Crippen LogP contribution in [0.25, 0.3) is 76.8 Å². The smallest absolute Gasteiger partial charge is 0.0406 e. The highest BCUT2D eigenvalue weighted by Crippen LogP contribution is 2.39. The summed E-state index contributed by atoms with van der Waals surface area (Å²) in [6, 6.07) is 58.9. The molecule has 202 valence electrons. The minimum absolute atomic E-state index is 0.741. The number of rotatable bonds is 4. The molecular formula is C42H27Cl. The summed E-state index contributed by atoms with van der Waals surface area (Å²) in [7, 11) is 0. The fourth-order valence-corrected chi connectivity index (χ4v) is 6.47. The van der Waals surface area contributed by atoms with E-state index in [0.29, 0.717) is 0 Å². The summed E-state index contributed by atoms with van der Waals surface area (Å²) in [6.45, 7) is 0. The Morgan fingerprint density at radius 3 is 1.12 bits per heavy atom. The van der Waals surface area contributed by atoms with E-state index in [1.807, 2.05) is 12.1 Å². The fourth-order valence-electron chi connectivity index (χ4n) is 6.34. The van der Waals surface area contributed by atoms with Gasteiger partial charge in [-0.25, -0.2) is 0 Å². The first-order valence-electron chi connectivity index (χ1n) is 14.6. The molecule has 8 aromatic carbocycles. The molecule has 0 nitrogen and oxygen atoms in total. The Morgan fingerprint density at radius 2 is 0.581 bits per heavy atom. The number of halogens is 1. The molecular weight excluding hydrogens is 540 g/mol. The topological polar surface area (TPSA) is 0 Å². The van der Waals surface area contributed by atoms with E-state index in [2.05, 4.69) is 152 Å². The zero-order valence-electron chi connectivity index (χ0n) is 23.5. The fraction of sp³-hybridized carbons (Fsp3) is 0. The van der Waals surface area contributed by atoms with E-state index in [1.54, 1.807) is 0 Å². The van der Waals surface area contributed by atoms with Crippen molar-refractivity contribution in [3.8, 4) is 44.5 Å². The Labute approximate surface area is 256 Å². The molecule has 0 bridgehead atoms. The lowest BCUT2D eigenvalue weighted by Gasteiger charge is -2.14. The molecule has 0 saturated carbocycles. The molecule has 0 spiro atoms. The van der Waals surface area contributed by atoms with Crippen molar-refractivity contribution < 1.29 is 0 Å². The van der Waals surface area contributed by atoms with Crippen LogP contribution in [0.3, 0.4) is 0 Å². The summed E-state index contributed by atoms with van der Waals surface area (Å²) in [5, 5.41) is 8.45. The van der Waals surface area contributed by atoms with Gasteiger partial charge >= 0.3 is 0 Å². The van der Waals surface area contributed by atoms with Gasteiger partial charge in [0.25, 0.3) is 0 Å². The molecule has 0 aliphatic rings. The molecule has 0 N–H and O–H groups in total. The molecule has 0 amide bonds. The van der Waals surface area contributed by atoms with Crippen molar-refractivity contribution in [3.63, 3.8) is 0 Å². The summed E-state index contributed by atoms with van der Waals surface area (Å²) >= 11 is 6.26. The summed E-state index contributed by atoms with van der Waals surface area (Å²) in [5.74, 6) is 0. The third kappa shape index (κ3) is 4.67. The van der Waals surface area contributed by atoms with Gasteiger partial charge < -0.3 is 0 Å². The second-order valence-electron chi connectivity index (χ2n) is 11.1. The molecule has 0 heterocycles. The van der Waals surface area contributed by atoms with E-state index in [0.717, 1.165) is 10.6 Å². The van der Waals surface area contributed by atoms with Crippen LogP contribution in [0.2, 0.25) is 5.02 Å². The van der Waals surface area contributed by atoms with Crippen LogP contribution in [0, 0.1) is 0 Å². The van der Waals surface area contributed by atoms with Gasteiger partial charge in [-0.1, -0.05) is 139 Å². The van der Waals surface area contributed by atoms with Crippen molar-refractivity contribution in [2.45, 2.75) is 0 Å². The maximum Gasteiger partial charge on any atom is 0.0406 e. The van der Waals surface area contributed by atoms with Gasteiger partial charge in [0.05, 0.1) is 0 Å². The molecule has 0 aliphatic carbocycles. The first kappa shape index (κ1) is 25.5. The van der Waals surface area contributed by atoms with Gasteiger partial charge in [0.1, 0.15) is 0 Å². The van der Waals surface area contributed by atoms with Gasteiger partial charge in [-0.15, -0.1) is 0 Å². The first-order chi connectivity index (χ1) is 21.2. The van der Waals surface area contributed by atoms with Crippen LogP contribution in [0.15, 0.2) is 164 Å². The first-order valence-corrected chi connectivity index (χ1v) is 15.0. The summed E-state index contributed by atoms with van der Waals surface area (Å²) in [5.41, 5.74) is 9.51. The van der Waals surface area contributed by atoms with Crippen LogP contribution in [-0.4, -0.2) is 0 Å². The molecule has 0 aromatic heterocycles. The maximum atomic E-state index is 6.26. The van der Waals surface area contributed by atoms with Gasteiger partial charge in [0.15, 0.2) is 0 Å². The Kier molecular flexibility index (Phi) is 6.29. The van der Waals surface area contributed by atoms with Crippen LogP contribution >= 0.6 is 11.6 Å². The normalized spacial score (nSPS) is 11.4. The Hall–Kier alpha value is -5.17. The third-order valence-corrected chi connectivity index (χ3v) is 8.77. The van der Waals surface area contributed by atoms with Crippen molar-refractivity contribution in [1.82, 2.24) is 0 Å². The molecule has 8 aromatic rings. The maximum absolute atomic E-state index is 6.26. The SMILES string of the molecule is Clc1ccc(-c2cc(-c3ccc(-c4ccccc4)cc3)cc(-c3ccc4c5ccccc5c5ccccc5c4c3)c2)cc1. The van der Waals surface area contributed by atoms with E-state index in [9.17, 15) is 0 Å². The minimum atomic E-state index is 0.741. The molecule has 0 atom stereocenters. The average molecular weight is 567 g/mol. The van der Waals surface area contributed by atoms with E-state index < -0.39 is 0 Å². The van der Waals surface area contributed by atoms with Crippen LogP contribution in [0.1, 0.15) is 0 Å². The predicted molar refractivity (Wildman–Crippen MR) is 186 cm³/mol. The average Bonchev–Trinajstić information content (AvgIpc) is 3.09. The van der Waals surface area contributed by atoms with Crippen LogP contribution in [0.4, 0.5) is 0 Å². The summed E-state index contributed by atoms with van der Waals surface area (Å²) in [4.78, 5) is 0. The molecule has 8 rings (SSSR count). The second-order valence-corrected chi connectivity index (χ2v) is 11.5. The lowest BCUT2D eigenvalue weighted by Crippen LogP contribution is -1.88. The predicted octanol–water partition coefficient (Wildman–Crippen LogP) is 12.5. The molecule has 0 unspecified atom stereocenters. The Balaban J connectivity index is 1.32. The van der Waals surface area contributed by atoms with Gasteiger partial charge in [-0.2, -0.15) is 0 Å². The highest BCUT2D eigenvalue weighted by Gasteiger charge is 2.12. The number of hydrogen-bond donors (Lipinski definition) is 0. The van der Waals surface area contributed by atoms with Crippen molar-refractivity contribution in [2.24, 2.45) is 0 Å². The number of fused-ring (bicyclic) bond motifs is 6. The summed E-state index contributed by atoms with van der Waals surface area (Å²) in [6.07, 6.45) is 0. The zero-order valence-corrected chi connectivity index (χ0v) is 24.2. The third-order valence-electron chi connectivity index (χ3n) is 8.51. The van der Waals surface area contributed by atoms with E-state index in [1.165, 1.54) is 71.3 Å². The Morgan fingerprint density at radius 1 is 0.233 bits per heavy atom. The quantitative estimate of drug-likeness (QED) is 0.186. The van der Waals surface area contributed by atoms with Gasteiger partial charge in [-0.3, -0.25) is 0 Å². The standard InChI is InChI=1S/C42H27Cl/c43-36-21-18-31(19-22-36)34-24-33(30-16-14-29(15-17-30)28-8-2-1-3-9-28)25-35(26-34)32-20-23-41-39-12-5-4-10-37(39)38-11-6-7-13-40(38)42(41)27-32/h1-27H. The molecule has 0 radical (unpaired) electrons. The lowest BCUT2D eigenvalue weighted by atomic mass is 9.90. The van der Waals surface area contributed by atoms with Crippen LogP contribution < -0.4 is 0 Å². The van der Waals surface area contributed by atoms with Gasteiger partial charge in [0.2, 0.25) is 0 Å². The van der Waals surface area contributed by atoms with Crippen molar-refractivity contribution in [1.29, 1.82) is 0 Å².